The topological polar surface area (TPSA) is 66.3 Å². The fourth-order valence-corrected chi connectivity index (χ4v) is 3.39. The highest BCUT2D eigenvalue weighted by Crippen LogP contribution is 2.37. The van der Waals surface area contributed by atoms with Crippen LogP contribution in [0.15, 0.2) is 42.7 Å². The number of carbonyl (C=O) groups excluding carboxylic acids is 1. The Morgan fingerprint density at radius 3 is 2.42 bits per heavy atom. The lowest BCUT2D eigenvalue weighted by Crippen LogP contribution is -2.45. The van der Waals surface area contributed by atoms with E-state index in [0.717, 1.165) is 30.7 Å². The van der Waals surface area contributed by atoms with Crippen molar-refractivity contribution >= 4 is 5.91 Å². The molecule has 2 aromatic rings. The van der Waals surface area contributed by atoms with E-state index in [4.69, 9.17) is 0 Å². The van der Waals surface area contributed by atoms with Crippen molar-refractivity contribution in [1.82, 2.24) is 14.9 Å². The maximum absolute atomic E-state index is 12.6. The van der Waals surface area contributed by atoms with Crippen LogP contribution in [-0.4, -0.2) is 45.1 Å². The van der Waals surface area contributed by atoms with Gasteiger partial charge in [0.05, 0.1) is 11.7 Å². The molecule has 1 aromatic carbocycles. The van der Waals surface area contributed by atoms with Crippen molar-refractivity contribution < 1.29 is 9.90 Å². The van der Waals surface area contributed by atoms with Gasteiger partial charge in [0.2, 0.25) is 0 Å². The van der Waals surface area contributed by atoms with Crippen LogP contribution in [0.2, 0.25) is 0 Å². The van der Waals surface area contributed by atoms with Gasteiger partial charge in [-0.05, 0) is 24.8 Å². The van der Waals surface area contributed by atoms with E-state index in [2.05, 4.69) is 9.97 Å². The van der Waals surface area contributed by atoms with Crippen molar-refractivity contribution in [3.8, 4) is 0 Å². The molecule has 2 atom stereocenters. The molecule has 0 bridgehead atoms. The number of β-amino-alcohol motifs (C(OH)–C–C–N with tert-alkyl or cyclic N) is 1. The number of rotatable bonds is 3. The van der Waals surface area contributed by atoms with Gasteiger partial charge in [-0.1, -0.05) is 30.3 Å². The third-order valence-corrected chi connectivity index (χ3v) is 4.96. The molecule has 2 heterocycles. The van der Waals surface area contributed by atoms with Gasteiger partial charge in [-0.15, -0.1) is 0 Å². The lowest BCUT2D eigenvalue weighted by Gasteiger charge is -2.36. The molecule has 5 nitrogen and oxygen atoms in total. The number of amides is 1. The van der Waals surface area contributed by atoms with Crippen molar-refractivity contribution in [3.05, 3.63) is 59.7 Å². The lowest BCUT2D eigenvalue weighted by molar-refractivity contribution is 0.0381. The number of aromatic nitrogens is 2. The standard InChI is InChI=1S/C19H21N3O2/c23-17-12-22(9-8-16(17)13-4-2-1-3-5-13)19(24)15-10-20-18(21-11-15)14-6-7-14/h1-5,10-11,14,16-17,23H,6-9,12H2/t16-,17-/m1/s1. The fourth-order valence-electron chi connectivity index (χ4n) is 3.39. The van der Waals surface area contributed by atoms with Crippen molar-refractivity contribution in [1.29, 1.82) is 0 Å². The Labute approximate surface area is 141 Å². The minimum Gasteiger partial charge on any atom is -0.391 e. The SMILES string of the molecule is O=C(c1cnc(C2CC2)nc1)N1CC[C@H](c2ccccc2)[C@H](O)C1. The van der Waals surface area contributed by atoms with Crippen LogP contribution in [0.5, 0.6) is 0 Å². The molecule has 1 aromatic heterocycles. The van der Waals surface area contributed by atoms with E-state index in [0.29, 0.717) is 24.6 Å². The van der Waals surface area contributed by atoms with Gasteiger partial charge in [0.15, 0.2) is 0 Å². The smallest absolute Gasteiger partial charge is 0.257 e. The summed E-state index contributed by atoms with van der Waals surface area (Å²) in [6.45, 7) is 0.989. The summed E-state index contributed by atoms with van der Waals surface area (Å²) in [5.74, 6) is 1.32. The Kier molecular flexibility index (Phi) is 4.02. The molecule has 0 unspecified atom stereocenters. The van der Waals surface area contributed by atoms with Gasteiger partial charge in [-0.3, -0.25) is 4.79 Å². The first-order chi connectivity index (χ1) is 11.7. The molecule has 0 spiro atoms. The number of likely N-dealkylation sites (tertiary alicyclic amines) is 1. The van der Waals surface area contributed by atoms with Crippen LogP contribution in [0.4, 0.5) is 0 Å². The van der Waals surface area contributed by atoms with E-state index in [1.807, 2.05) is 30.3 Å². The van der Waals surface area contributed by atoms with Crippen molar-refractivity contribution in [2.75, 3.05) is 13.1 Å². The molecule has 0 radical (unpaired) electrons. The van der Waals surface area contributed by atoms with Crippen LogP contribution in [0.3, 0.4) is 0 Å². The number of hydrogen-bond donors (Lipinski definition) is 1. The Morgan fingerprint density at radius 2 is 1.79 bits per heavy atom. The molecular formula is C19H21N3O2. The molecule has 5 heteroatoms. The van der Waals surface area contributed by atoms with Crippen LogP contribution in [0, 0.1) is 0 Å². The van der Waals surface area contributed by atoms with Crippen molar-refractivity contribution in [2.24, 2.45) is 0 Å². The van der Waals surface area contributed by atoms with Crippen molar-refractivity contribution in [3.63, 3.8) is 0 Å². The first-order valence-corrected chi connectivity index (χ1v) is 8.56. The second kappa shape index (κ2) is 6.32. The first kappa shape index (κ1) is 15.3. The molecule has 4 rings (SSSR count). The molecule has 24 heavy (non-hydrogen) atoms. The maximum atomic E-state index is 12.6. The number of aliphatic hydroxyl groups excluding tert-OH is 1. The second-order valence-corrected chi connectivity index (χ2v) is 6.73. The highest BCUT2D eigenvalue weighted by atomic mass is 16.3. The van der Waals surface area contributed by atoms with Crippen LogP contribution >= 0.6 is 0 Å². The van der Waals surface area contributed by atoms with E-state index < -0.39 is 6.10 Å². The molecular weight excluding hydrogens is 302 g/mol. The largest absolute Gasteiger partial charge is 0.391 e. The van der Waals surface area contributed by atoms with E-state index in [1.165, 1.54) is 0 Å². The molecule has 1 amide bonds. The van der Waals surface area contributed by atoms with Gasteiger partial charge in [0, 0.05) is 37.3 Å². The van der Waals surface area contributed by atoms with E-state index in [9.17, 15) is 9.90 Å². The van der Waals surface area contributed by atoms with E-state index >= 15 is 0 Å². The minimum atomic E-state index is -0.545. The Balaban J connectivity index is 1.43. The molecule has 2 fully saturated rings. The summed E-state index contributed by atoms with van der Waals surface area (Å²) < 4.78 is 0. The third-order valence-electron chi connectivity index (χ3n) is 4.96. The average Bonchev–Trinajstić information content (AvgIpc) is 3.47. The molecule has 124 valence electrons. The second-order valence-electron chi connectivity index (χ2n) is 6.73. The average molecular weight is 323 g/mol. The van der Waals surface area contributed by atoms with E-state index in [-0.39, 0.29) is 11.8 Å². The fraction of sp³-hybridized carbons (Fsp3) is 0.421. The van der Waals surface area contributed by atoms with Gasteiger partial charge in [0.25, 0.3) is 5.91 Å². The molecule has 1 N–H and O–H groups in total. The molecule has 1 saturated heterocycles. The third kappa shape index (κ3) is 3.04. The van der Waals surface area contributed by atoms with Crippen LogP contribution < -0.4 is 0 Å². The zero-order valence-corrected chi connectivity index (χ0v) is 13.5. The zero-order chi connectivity index (χ0) is 16.5. The quantitative estimate of drug-likeness (QED) is 0.941. The number of benzene rings is 1. The van der Waals surface area contributed by atoms with Gasteiger partial charge in [-0.25, -0.2) is 9.97 Å². The van der Waals surface area contributed by atoms with Gasteiger partial charge >= 0.3 is 0 Å². The van der Waals surface area contributed by atoms with Gasteiger partial charge < -0.3 is 10.0 Å². The maximum Gasteiger partial charge on any atom is 0.257 e. The summed E-state index contributed by atoms with van der Waals surface area (Å²) in [6, 6.07) is 10.0. The Morgan fingerprint density at radius 1 is 1.08 bits per heavy atom. The Bertz CT molecular complexity index is 713. The summed E-state index contributed by atoms with van der Waals surface area (Å²) >= 11 is 0. The van der Waals surface area contributed by atoms with Gasteiger partial charge in [0.1, 0.15) is 5.82 Å². The van der Waals surface area contributed by atoms with Crippen LogP contribution in [0.25, 0.3) is 0 Å². The van der Waals surface area contributed by atoms with Crippen LogP contribution in [-0.2, 0) is 0 Å². The number of piperidine rings is 1. The summed E-state index contributed by atoms with van der Waals surface area (Å²) in [7, 11) is 0. The van der Waals surface area contributed by atoms with Crippen molar-refractivity contribution in [2.45, 2.75) is 37.2 Å². The predicted molar refractivity (Wildman–Crippen MR) is 89.7 cm³/mol. The number of aliphatic hydroxyl groups is 1. The lowest BCUT2D eigenvalue weighted by atomic mass is 9.87. The normalized spacial score (nSPS) is 24.0. The number of hydrogen-bond acceptors (Lipinski definition) is 4. The zero-order valence-electron chi connectivity index (χ0n) is 13.5. The highest BCUT2D eigenvalue weighted by Gasteiger charge is 2.32. The highest BCUT2D eigenvalue weighted by molar-refractivity contribution is 5.93. The summed E-state index contributed by atoms with van der Waals surface area (Å²) in [4.78, 5) is 23.0. The number of carbonyl (C=O) groups is 1. The van der Waals surface area contributed by atoms with Crippen LogP contribution in [0.1, 0.15) is 52.8 Å². The first-order valence-electron chi connectivity index (χ1n) is 8.56. The Hall–Kier alpha value is -2.27. The number of nitrogens with zero attached hydrogens (tertiary/aromatic N) is 3. The molecule has 1 aliphatic carbocycles. The monoisotopic (exact) mass is 323 g/mol. The summed E-state index contributed by atoms with van der Waals surface area (Å²) in [6.07, 6.45) is 5.76. The summed E-state index contributed by atoms with van der Waals surface area (Å²) in [5.41, 5.74) is 1.64. The molecule has 1 saturated carbocycles. The van der Waals surface area contributed by atoms with E-state index in [1.54, 1.807) is 17.3 Å². The minimum absolute atomic E-state index is 0.0868. The summed E-state index contributed by atoms with van der Waals surface area (Å²) in [5, 5.41) is 10.5. The molecule has 2 aliphatic rings. The van der Waals surface area contributed by atoms with Gasteiger partial charge in [-0.2, -0.15) is 0 Å². The predicted octanol–water partition coefficient (Wildman–Crippen LogP) is 2.34. The molecule has 1 aliphatic heterocycles.